The number of nitrogens with one attached hydrogen (secondary N) is 1. The van der Waals surface area contributed by atoms with Crippen LogP contribution in [0.3, 0.4) is 0 Å². The Morgan fingerprint density at radius 1 is 1.29 bits per heavy atom. The number of benzene rings is 1. The minimum atomic E-state index is -3.61. The van der Waals surface area contributed by atoms with Crippen molar-refractivity contribution in [2.24, 2.45) is 5.73 Å². The molecule has 6 nitrogen and oxygen atoms in total. The zero-order valence-electron chi connectivity index (χ0n) is 13.6. The second kappa shape index (κ2) is 7.89. The lowest BCUT2D eigenvalue weighted by molar-refractivity contribution is 0.0748. The molecule has 1 aromatic carbocycles. The highest BCUT2D eigenvalue weighted by Crippen LogP contribution is 2.14. The Bertz CT molecular complexity index is 771. The fraction of sp³-hybridized carbons (Fsp3) is 0.312. The van der Waals surface area contributed by atoms with Crippen LogP contribution in [0.15, 0.2) is 46.7 Å². The fourth-order valence-corrected chi connectivity index (χ4v) is 3.74. The van der Waals surface area contributed by atoms with E-state index in [4.69, 9.17) is 5.73 Å². The predicted molar refractivity (Wildman–Crippen MR) is 95.4 cm³/mol. The van der Waals surface area contributed by atoms with Crippen molar-refractivity contribution in [2.75, 3.05) is 13.6 Å². The van der Waals surface area contributed by atoms with Crippen molar-refractivity contribution in [1.82, 2.24) is 9.62 Å². The summed E-state index contributed by atoms with van der Waals surface area (Å²) < 4.78 is 27.1. The van der Waals surface area contributed by atoms with Gasteiger partial charge in [0.1, 0.15) is 0 Å². The van der Waals surface area contributed by atoms with Crippen LogP contribution in [0, 0.1) is 0 Å². The summed E-state index contributed by atoms with van der Waals surface area (Å²) in [5.41, 5.74) is 5.99. The van der Waals surface area contributed by atoms with E-state index in [1.807, 2.05) is 24.4 Å². The third kappa shape index (κ3) is 4.41. The van der Waals surface area contributed by atoms with E-state index in [-0.39, 0.29) is 23.4 Å². The maximum absolute atomic E-state index is 12.3. The van der Waals surface area contributed by atoms with Crippen LogP contribution in [-0.4, -0.2) is 38.9 Å². The molecule has 8 heteroatoms. The third-order valence-corrected chi connectivity index (χ3v) is 6.04. The monoisotopic (exact) mass is 367 g/mol. The number of carbonyl (C=O) groups excluding carboxylic acids is 1. The number of amides is 1. The van der Waals surface area contributed by atoms with Gasteiger partial charge >= 0.3 is 0 Å². The smallest absolute Gasteiger partial charge is 0.253 e. The van der Waals surface area contributed by atoms with Crippen LogP contribution in [0.4, 0.5) is 0 Å². The number of hydrogen-bond acceptors (Lipinski definition) is 5. The molecule has 2 rings (SSSR count). The van der Waals surface area contributed by atoms with Gasteiger partial charge in [0.2, 0.25) is 10.0 Å². The molecular weight excluding hydrogens is 346 g/mol. The van der Waals surface area contributed by atoms with Crippen LogP contribution < -0.4 is 10.5 Å². The van der Waals surface area contributed by atoms with Crippen molar-refractivity contribution in [2.45, 2.75) is 24.4 Å². The minimum absolute atomic E-state index is 0.0895. The first kappa shape index (κ1) is 18.6. The Morgan fingerprint density at radius 2 is 1.96 bits per heavy atom. The highest BCUT2D eigenvalue weighted by Gasteiger charge is 2.18. The molecule has 0 fully saturated rings. The summed E-state index contributed by atoms with van der Waals surface area (Å²) in [4.78, 5) is 14.9. The molecule has 130 valence electrons. The summed E-state index contributed by atoms with van der Waals surface area (Å²) in [7, 11) is -1.93. The van der Waals surface area contributed by atoms with Crippen molar-refractivity contribution in [1.29, 1.82) is 0 Å². The number of thiophene rings is 1. The molecule has 24 heavy (non-hydrogen) atoms. The summed E-state index contributed by atoms with van der Waals surface area (Å²) in [5, 5.41) is 1.89. The van der Waals surface area contributed by atoms with E-state index in [9.17, 15) is 13.2 Å². The SMILES string of the molecule is CC(CN)N(C)C(=O)c1ccc(S(=O)(=O)NCc2cccs2)cc1. The van der Waals surface area contributed by atoms with E-state index in [1.165, 1.54) is 35.6 Å². The van der Waals surface area contributed by atoms with E-state index >= 15 is 0 Å². The summed E-state index contributed by atoms with van der Waals surface area (Å²) in [6.07, 6.45) is 0. The molecule has 0 saturated carbocycles. The predicted octanol–water partition coefficient (Wildman–Crippen LogP) is 1.65. The molecular formula is C16H21N3O3S2. The van der Waals surface area contributed by atoms with Crippen molar-refractivity contribution in [3.63, 3.8) is 0 Å². The summed E-state index contributed by atoms with van der Waals surface area (Å²) in [5.74, 6) is -0.191. The average molecular weight is 367 g/mol. The molecule has 0 saturated heterocycles. The second-order valence-electron chi connectivity index (χ2n) is 5.43. The maximum atomic E-state index is 12.3. The Balaban J connectivity index is 2.09. The van der Waals surface area contributed by atoms with Gasteiger partial charge in [0.15, 0.2) is 0 Å². The Labute approximate surface area is 146 Å². The molecule has 0 aliphatic carbocycles. The number of nitrogens with zero attached hydrogens (tertiary/aromatic N) is 1. The van der Waals surface area contributed by atoms with Gasteiger partial charge in [-0.2, -0.15) is 0 Å². The second-order valence-corrected chi connectivity index (χ2v) is 8.23. The molecule has 1 aromatic heterocycles. The van der Waals surface area contributed by atoms with Gasteiger partial charge in [-0.25, -0.2) is 13.1 Å². The molecule has 0 spiro atoms. The number of nitrogens with two attached hydrogens (primary N) is 1. The van der Waals surface area contributed by atoms with Gasteiger partial charge in [0.25, 0.3) is 5.91 Å². The van der Waals surface area contributed by atoms with Crippen molar-refractivity contribution < 1.29 is 13.2 Å². The molecule has 2 aromatic rings. The zero-order chi connectivity index (χ0) is 17.7. The molecule has 1 atom stereocenters. The lowest BCUT2D eigenvalue weighted by Crippen LogP contribution is -2.39. The molecule has 0 bridgehead atoms. The van der Waals surface area contributed by atoms with Crippen LogP contribution in [-0.2, 0) is 16.6 Å². The van der Waals surface area contributed by atoms with E-state index in [0.717, 1.165) is 4.88 Å². The molecule has 0 radical (unpaired) electrons. The highest BCUT2D eigenvalue weighted by molar-refractivity contribution is 7.89. The maximum Gasteiger partial charge on any atom is 0.253 e. The number of carbonyl (C=O) groups is 1. The molecule has 1 amide bonds. The number of rotatable bonds is 7. The third-order valence-electron chi connectivity index (χ3n) is 3.75. The summed E-state index contributed by atoms with van der Waals surface area (Å²) in [6, 6.07) is 9.55. The number of likely N-dealkylation sites (N-methyl/N-ethyl adjacent to an activating group) is 1. The number of hydrogen-bond donors (Lipinski definition) is 2. The van der Waals surface area contributed by atoms with E-state index in [2.05, 4.69) is 4.72 Å². The lowest BCUT2D eigenvalue weighted by atomic mass is 10.2. The molecule has 1 unspecified atom stereocenters. The summed E-state index contributed by atoms with van der Waals surface area (Å²) in [6.45, 7) is 2.46. The van der Waals surface area contributed by atoms with Gasteiger partial charge in [0, 0.05) is 36.6 Å². The molecule has 1 heterocycles. The summed E-state index contributed by atoms with van der Waals surface area (Å²) >= 11 is 1.49. The largest absolute Gasteiger partial charge is 0.338 e. The Morgan fingerprint density at radius 3 is 2.50 bits per heavy atom. The Kier molecular flexibility index (Phi) is 6.11. The quantitative estimate of drug-likeness (QED) is 0.778. The first-order chi connectivity index (χ1) is 11.3. The van der Waals surface area contributed by atoms with Crippen LogP contribution in [0.1, 0.15) is 22.2 Å². The topological polar surface area (TPSA) is 92.5 Å². The van der Waals surface area contributed by atoms with E-state index in [0.29, 0.717) is 12.1 Å². The van der Waals surface area contributed by atoms with Gasteiger partial charge < -0.3 is 10.6 Å². The van der Waals surface area contributed by atoms with Crippen molar-refractivity contribution >= 4 is 27.3 Å². The van der Waals surface area contributed by atoms with Crippen LogP contribution in [0.2, 0.25) is 0 Å². The van der Waals surface area contributed by atoms with Gasteiger partial charge in [-0.15, -0.1) is 11.3 Å². The lowest BCUT2D eigenvalue weighted by Gasteiger charge is -2.23. The normalized spacial score (nSPS) is 12.8. The fourth-order valence-electron chi connectivity index (χ4n) is 2.00. The van der Waals surface area contributed by atoms with Crippen LogP contribution >= 0.6 is 11.3 Å². The minimum Gasteiger partial charge on any atom is -0.338 e. The zero-order valence-corrected chi connectivity index (χ0v) is 15.2. The van der Waals surface area contributed by atoms with Crippen LogP contribution in [0.5, 0.6) is 0 Å². The highest BCUT2D eigenvalue weighted by atomic mass is 32.2. The van der Waals surface area contributed by atoms with Crippen molar-refractivity contribution in [3.05, 3.63) is 52.2 Å². The molecule has 0 aliphatic heterocycles. The van der Waals surface area contributed by atoms with E-state index in [1.54, 1.807) is 11.9 Å². The van der Waals surface area contributed by atoms with Gasteiger partial charge in [-0.3, -0.25) is 4.79 Å². The van der Waals surface area contributed by atoms with Gasteiger partial charge in [-0.1, -0.05) is 6.07 Å². The van der Waals surface area contributed by atoms with Crippen LogP contribution in [0.25, 0.3) is 0 Å². The van der Waals surface area contributed by atoms with Gasteiger partial charge in [0.05, 0.1) is 4.90 Å². The molecule has 3 N–H and O–H groups in total. The standard InChI is InChI=1S/C16H21N3O3S2/c1-12(10-17)19(2)16(20)13-5-7-15(8-6-13)24(21,22)18-11-14-4-3-9-23-14/h3-9,12,18H,10-11,17H2,1-2H3. The van der Waals surface area contributed by atoms with Gasteiger partial charge in [-0.05, 0) is 42.6 Å². The Hall–Kier alpha value is -1.74. The number of sulfonamides is 1. The van der Waals surface area contributed by atoms with Crippen molar-refractivity contribution in [3.8, 4) is 0 Å². The first-order valence-corrected chi connectivity index (χ1v) is 9.81. The molecule has 0 aliphatic rings. The first-order valence-electron chi connectivity index (χ1n) is 7.44. The van der Waals surface area contributed by atoms with E-state index < -0.39 is 10.0 Å². The average Bonchev–Trinajstić information content (AvgIpc) is 3.12.